The molecule has 0 radical (unpaired) electrons. The largest absolute Gasteiger partial charge is 0.480 e. The van der Waals surface area contributed by atoms with E-state index < -0.39 is 24.1 Å². The second-order valence-electron chi connectivity index (χ2n) is 5.75. The molecular weight excluding hydrogens is 262 g/mol. The predicted octanol–water partition coefficient (Wildman–Crippen LogP) is -0.300. The lowest BCUT2D eigenvalue weighted by Gasteiger charge is -2.26. The average molecular weight is 285 g/mol. The van der Waals surface area contributed by atoms with Gasteiger partial charge in [-0.25, -0.2) is 9.59 Å². The fraction of sp³-hybridized carbons (Fsp3) is 0.846. The number of nitrogens with zero attached hydrogens (tertiary/aromatic N) is 2. The molecule has 2 heterocycles. The summed E-state index contributed by atoms with van der Waals surface area (Å²) in [6.07, 6.45) is 1.74. The summed E-state index contributed by atoms with van der Waals surface area (Å²) in [6, 6.07) is -1.36. The summed E-state index contributed by atoms with van der Waals surface area (Å²) in [4.78, 5) is 26.7. The Labute approximate surface area is 118 Å². The van der Waals surface area contributed by atoms with Crippen LogP contribution in [0, 0.1) is 0 Å². The number of amides is 2. The van der Waals surface area contributed by atoms with Gasteiger partial charge in [-0.2, -0.15) is 0 Å². The van der Waals surface area contributed by atoms with E-state index in [9.17, 15) is 14.7 Å². The first kappa shape index (κ1) is 15.1. The number of carboxylic acids is 1. The molecule has 2 fully saturated rings. The molecule has 3 atom stereocenters. The quantitative estimate of drug-likeness (QED) is 0.659. The molecule has 114 valence electrons. The minimum absolute atomic E-state index is 0.0345. The molecule has 2 aliphatic rings. The zero-order chi connectivity index (χ0) is 14.7. The van der Waals surface area contributed by atoms with Crippen LogP contribution in [0.3, 0.4) is 0 Å². The number of carbonyl (C=O) groups is 2. The van der Waals surface area contributed by atoms with E-state index in [1.165, 1.54) is 17.7 Å². The Morgan fingerprint density at radius 1 is 1.35 bits per heavy atom. The zero-order valence-corrected chi connectivity index (χ0v) is 11.8. The number of aliphatic carboxylic acids is 1. The standard InChI is InChI=1S/C13H23N3O4/c1-9(7-15-4-2-3-5-15)14-13(20)16-8-10(17)6-11(16)12(18)19/h9-11,17H,2-8H2,1H3,(H,14,20)(H,18,19). The van der Waals surface area contributed by atoms with E-state index in [-0.39, 0.29) is 19.0 Å². The molecule has 0 aliphatic carbocycles. The molecule has 2 rings (SSSR count). The molecular formula is C13H23N3O4. The highest BCUT2D eigenvalue weighted by Gasteiger charge is 2.39. The molecule has 0 spiro atoms. The Hall–Kier alpha value is -1.34. The van der Waals surface area contributed by atoms with E-state index >= 15 is 0 Å². The highest BCUT2D eigenvalue weighted by molar-refractivity contribution is 5.83. The number of aliphatic hydroxyl groups is 1. The zero-order valence-electron chi connectivity index (χ0n) is 11.8. The number of β-amino-alcohol motifs (C(OH)–C–C–N with tert-alkyl or cyclic N) is 1. The summed E-state index contributed by atoms with van der Waals surface area (Å²) in [5.74, 6) is -1.07. The van der Waals surface area contributed by atoms with Gasteiger partial charge in [0, 0.05) is 25.6 Å². The molecule has 2 saturated heterocycles. The summed E-state index contributed by atoms with van der Waals surface area (Å²) in [6.45, 7) is 4.89. The van der Waals surface area contributed by atoms with Gasteiger partial charge in [0.1, 0.15) is 6.04 Å². The maximum Gasteiger partial charge on any atom is 0.326 e. The van der Waals surface area contributed by atoms with Crippen LogP contribution in [-0.4, -0.2) is 76.4 Å². The topological polar surface area (TPSA) is 93.1 Å². The Morgan fingerprint density at radius 2 is 2.00 bits per heavy atom. The molecule has 0 aromatic heterocycles. The van der Waals surface area contributed by atoms with Gasteiger partial charge >= 0.3 is 12.0 Å². The minimum atomic E-state index is -1.07. The SMILES string of the molecule is CC(CN1CCCC1)NC(=O)N1CC(O)CC1C(=O)O. The molecule has 20 heavy (non-hydrogen) atoms. The lowest BCUT2D eigenvalue weighted by atomic mass is 10.2. The molecule has 0 saturated carbocycles. The summed E-state index contributed by atoms with van der Waals surface area (Å²) in [7, 11) is 0. The average Bonchev–Trinajstić information content (AvgIpc) is 2.97. The number of urea groups is 1. The van der Waals surface area contributed by atoms with Gasteiger partial charge in [-0.1, -0.05) is 0 Å². The van der Waals surface area contributed by atoms with Gasteiger partial charge in [-0.05, 0) is 32.9 Å². The van der Waals surface area contributed by atoms with Gasteiger partial charge < -0.3 is 25.3 Å². The van der Waals surface area contributed by atoms with Crippen LogP contribution in [0.4, 0.5) is 4.79 Å². The smallest absolute Gasteiger partial charge is 0.326 e. The number of carbonyl (C=O) groups excluding carboxylic acids is 1. The Bertz CT molecular complexity index is 371. The van der Waals surface area contributed by atoms with Crippen LogP contribution in [-0.2, 0) is 4.79 Å². The maximum atomic E-state index is 12.1. The van der Waals surface area contributed by atoms with Gasteiger partial charge in [0.2, 0.25) is 0 Å². The number of aliphatic hydroxyl groups excluding tert-OH is 1. The molecule has 7 heteroatoms. The summed E-state index contributed by atoms with van der Waals surface area (Å²) in [5, 5.41) is 21.4. The molecule has 2 aliphatic heterocycles. The Balaban J connectivity index is 1.85. The monoisotopic (exact) mass is 285 g/mol. The van der Waals surface area contributed by atoms with Crippen molar-refractivity contribution in [3.05, 3.63) is 0 Å². The number of hydrogen-bond acceptors (Lipinski definition) is 4. The fourth-order valence-corrected chi connectivity index (χ4v) is 2.96. The highest BCUT2D eigenvalue weighted by Crippen LogP contribution is 2.18. The summed E-state index contributed by atoms with van der Waals surface area (Å²) in [5.41, 5.74) is 0. The van der Waals surface area contributed by atoms with E-state index in [0.29, 0.717) is 0 Å². The van der Waals surface area contributed by atoms with Crippen molar-refractivity contribution in [3.8, 4) is 0 Å². The van der Waals surface area contributed by atoms with Gasteiger partial charge in [0.05, 0.1) is 6.10 Å². The highest BCUT2D eigenvalue weighted by atomic mass is 16.4. The molecule has 0 aromatic carbocycles. The Morgan fingerprint density at radius 3 is 2.60 bits per heavy atom. The van der Waals surface area contributed by atoms with Crippen molar-refractivity contribution in [3.63, 3.8) is 0 Å². The number of rotatable bonds is 4. The summed E-state index contributed by atoms with van der Waals surface area (Å²) < 4.78 is 0. The molecule has 0 bridgehead atoms. The van der Waals surface area contributed by atoms with Crippen molar-refractivity contribution in [2.75, 3.05) is 26.2 Å². The van der Waals surface area contributed by atoms with E-state index in [0.717, 1.165) is 19.6 Å². The van der Waals surface area contributed by atoms with Crippen LogP contribution >= 0.6 is 0 Å². The lowest BCUT2D eigenvalue weighted by Crippen LogP contribution is -2.50. The first-order chi connectivity index (χ1) is 9.47. The minimum Gasteiger partial charge on any atom is -0.480 e. The predicted molar refractivity (Wildman–Crippen MR) is 72.4 cm³/mol. The van der Waals surface area contributed by atoms with Crippen molar-refractivity contribution in [1.82, 2.24) is 15.1 Å². The number of likely N-dealkylation sites (tertiary alicyclic amines) is 2. The Kier molecular flexibility index (Phi) is 4.82. The third kappa shape index (κ3) is 3.61. The van der Waals surface area contributed by atoms with Gasteiger partial charge in [-0.3, -0.25) is 0 Å². The molecule has 3 N–H and O–H groups in total. The lowest BCUT2D eigenvalue weighted by molar-refractivity contribution is -0.141. The molecule has 3 unspecified atom stereocenters. The maximum absolute atomic E-state index is 12.1. The van der Waals surface area contributed by atoms with Crippen LogP contribution < -0.4 is 5.32 Å². The summed E-state index contributed by atoms with van der Waals surface area (Å²) >= 11 is 0. The van der Waals surface area contributed by atoms with Gasteiger partial charge in [0.15, 0.2) is 0 Å². The normalized spacial score (nSPS) is 28.6. The van der Waals surface area contributed by atoms with Crippen LogP contribution in [0.1, 0.15) is 26.2 Å². The van der Waals surface area contributed by atoms with E-state index in [1.54, 1.807) is 0 Å². The van der Waals surface area contributed by atoms with Crippen LogP contribution in [0.25, 0.3) is 0 Å². The van der Waals surface area contributed by atoms with Crippen molar-refractivity contribution in [2.24, 2.45) is 0 Å². The van der Waals surface area contributed by atoms with Crippen molar-refractivity contribution in [2.45, 2.75) is 44.4 Å². The first-order valence-electron chi connectivity index (χ1n) is 7.17. The first-order valence-corrected chi connectivity index (χ1v) is 7.17. The number of hydrogen-bond donors (Lipinski definition) is 3. The number of carboxylic acid groups (broad SMARTS) is 1. The third-order valence-electron chi connectivity index (χ3n) is 3.93. The molecule has 7 nitrogen and oxygen atoms in total. The second-order valence-corrected chi connectivity index (χ2v) is 5.75. The van der Waals surface area contributed by atoms with E-state index in [2.05, 4.69) is 10.2 Å². The van der Waals surface area contributed by atoms with Crippen molar-refractivity contribution >= 4 is 12.0 Å². The third-order valence-corrected chi connectivity index (χ3v) is 3.93. The van der Waals surface area contributed by atoms with E-state index in [4.69, 9.17) is 5.11 Å². The van der Waals surface area contributed by atoms with Gasteiger partial charge in [0.25, 0.3) is 0 Å². The van der Waals surface area contributed by atoms with Crippen LogP contribution in [0.15, 0.2) is 0 Å². The van der Waals surface area contributed by atoms with Crippen LogP contribution in [0.5, 0.6) is 0 Å². The number of nitrogens with one attached hydrogen (secondary N) is 1. The van der Waals surface area contributed by atoms with Crippen molar-refractivity contribution < 1.29 is 19.8 Å². The molecule has 2 amide bonds. The van der Waals surface area contributed by atoms with Gasteiger partial charge in [-0.15, -0.1) is 0 Å². The van der Waals surface area contributed by atoms with E-state index in [1.807, 2.05) is 6.92 Å². The van der Waals surface area contributed by atoms with Crippen molar-refractivity contribution in [1.29, 1.82) is 0 Å². The molecule has 0 aromatic rings. The second kappa shape index (κ2) is 6.41. The van der Waals surface area contributed by atoms with Crippen LogP contribution in [0.2, 0.25) is 0 Å². The fourth-order valence-electron chi connectivity index (χ4n) is 2.96.